The molecule has 8 nitrogen and oxygen atoms in total. The predicted octanol–water partition coefficient (Wildman–Crippen LogP) is 4.18. The number of urea groups is 1. The van der Waals surface area contributed by atoms with Crippen molar-refractivity contribution in [2.45, 2.75) is 19.2 Å². The van der Waals surface area contributed by atoms with Crippen molar-refractivity contribution in [3.05, 3.63) is 71.3 Å². The van der Waals surface area contributed by atoms with E-state index in [4.69, 9.17) is 14.9 Å². The lowest BCUT2D eigenvalue weighted by Crippen LogP contribution is -2.38. The summed E-state index contributed by atoms with van der Waals surface area (Å²) in [5.74, 6) is -4.67. The summed E-state index contributed by atoms with van der Waals surface area (Å²) in [6, 6.07) is 5.21. The first-order valence-corrected chi connectivity index (χ1v) is 10.1. The Morgan fingerprint density at radius 2 is 1.80 bits per heavy atom. The van der Waals surface area contributed by atoms with Crippen LogP contribution in [0.15, 0.2) is 47.1 Å². The number of halogens is 5. The van der Waals surface area contributed by atoms with E-state index in [1.807, 2.05) is 0 Å². The second kappa shape index (κ2) is 10.4. The fourth-order valence-electron chi connectivity index (χ4n) is 2.99. The number of amides is 3. The summed E-state index contributed by atoms with van der Waals surface area (Å²) in [5, 5.41) is 4.93. The normalized spacial score (nSPS) is 12.2. The molecule has 13 heteroatoms. The van der Waals surface area contributed by atoms with E-state index in [-0.39, 0.29) is 23.7 Å². The molecule has 1 unspecified atom stereocenters. The molecule has 3 rings (SSSR count). The van der Waals surface area contributed by atoms with Crippen molar-refractivity contribution in [1.82, 2.24) is 15.6 Å². The minimum Gasteiger partial charge on any atom is -0.476 e. The van der Waals surface area contributed by atoms with E-state index in [1.54, 1.807) is 6.92 Å². The van der Waals surface area contributed by atoms with E-state index in [0.717, 1.165) is 30.5 Å². The zero-order valence-corrected chi connectivity index (χ0v) is 18.1. The number of benzene rings is 2. The Kier molecular flexibility index (Phi) is 7.57. The number of carbonyl (C=O) groups excluding carboxylic acids is 2. The van der Waals surface area contributed by atoms with E-state index < -0.39 is 52.7 Å². The molecule has 0 saturated heterocycles. The molecule has 0 aliphatic carbocycles. The molecule has 0 aliphatic heterocycles. The highest BCUT2D eigenvalue weighted by atomic mass is 19.4. The van der Waals surface area contributed by atoms with Gasteiger partial charge in [-0.05, 0) is 31.2 Å². The summed E-state index contributed by atoms with van der Waals surface area (Å²) in [6.45, 7) is 1.68. The molecular weight excluding hydrogens is 479 g/mol. The lowest BCUT2D eigenvalue weighted by atomic mass is 10.1. The summed E-state index contributed by atoms with van der Waals surface area (Å²) >= 11 is 0. The maximum Gasteiger partial charge on any atom is 0.416 e. The number of oxazole rings is 1. The van der Waals surface area contributed by atoms with Gasteiger partial charge in [-0.15, -0.1) is 0 Å². The number of alkyl halides is 3. The molecule has 3 aromatic rings. The first-order valence-electron chi connectivity index (χ1n) is 10.1. The van der Waals surface area contributed by atoms with Crippen LogP contribution in [0.3, 0.4) is 0 Å². The minimum atomic E-state index is -4.51. The van der Waals surface area contributed by atoms with Crippen molar-refractivity contribution < 1.29 is 40.7 Å². The molecule has 0 aliphatic rings. The van der Waals surface area contributed by atoms with Crippen LogP contribution < -0.4 is 21.1 Å². The average Bonchev–Trinajstić information content (AvgIpc) is 3.28. The molecule has 3 amide bonds. The van der Waals surface area contributed by atoms with Gasteiger partial charge in [0.15, 0.2) is 17.7 Å². The molecule has 0 fully saturated rings. The number of aromatic nitrogens is 1. The average molecular weight is 498 g/mol. The third-order valence-corrected chi connectivity index (χ3v) is 4.66. The Morgan fingerprint density at radius 1 is 1.11 bits per heavy atom. The van der Waals surface area contributed by atoms with Crippen molar-refractivity contribution >= 4 is 11.9 Å². The van der Waals surface area contributed by atoms with Gasteiger partial charge >= 0.3 is 12.2 Å². The molecule has 0 bridgehead atoms. The highest BCUT2D eigenvalue weighted by Crippen LogP contribution is 2.32. The van der Waals surface area contributed by atoms with Gasteiger partial charge in [-0.1, -0.05) is 12.1 Å². The summed E-state index contributed by atoms with van der Waals surface area (Å²) in [4.78, 5) is 27.4. The fraction of sp³-hybridized carbons (Fsp3) is 0.227. The van der Waals surface area contributed by atoms with Crippen LogP contribution in [0.2, 0.25) is 0 Å². The number of hydrogen-bond acceptors (Lipinski definition) is 5. The van der Waals surface area contributed by atoms with Crippen LogP contribution in [0, 0.1) is 11.6 Å². The number of carbonyl (C=O) groups is 2. The first kappa shape index (κ1) is 25.5. The zero-order chi connectivity index (χ0) is 25.8. The van der Waals surface area contributed by atoms with Gasteiger partial charge in [0.25, 0.3) is 5.91 Å². The van der Waals surface area contributed by atoms with E-state index in [0.29, 0.717) is 6.54 Å². The largest absolute Gasteiger partial charge is 0.476 e. The van der Waals surface area contributed by atoms with E-state index in [9.17, 15) is 31.5 Å². The lowest BCUT2D eigenvalue weighted by Gasteiger charge is -2.18. The molecule has 4 N–H and O–H groups in total. The number of nitrogens with two attached hydrogens (primary N) is 1. The molecule has 1 heterocycles. The molecule has 1 aromatic heterocycles. The Morgan fingerprint density at radius 3 is 2.40 bits per heavy atom. The maximum absolute atomic E-state index is 14.7. The number of nitrogens with one attached hydrogen (secondary N) is 2. The van der Waals surface area contributed by atoms with Crippen LogP contribution in [0.4, 0.5) is 26.7 Å². The predicted molar refractivity (Wildman–Crippen MR) is 112 cm³/mol. The Labute approximate surface area is 195 Å². The van der Waals surface area contributed by atoms with Crippen molar-refractivity contribution in [3.8, 4) is 17.0 Å². The topological polar surface area (TPSA) is 119 Å². The number of primary amides is 1. The van der Waals surface area contributed by atoms with Gasteiger partial charge < -0.3 is 25.5 Å². The van der Waals surface area contributed by atoms with Crippen molar-refractivity contribution in [3.63, 3.8) is 0 Å². The van der Waals surface area contributed by atoms with Gasteiger partial charge in [-0.25, -0.2) is 18.6 Å². The SMILES string of the molecule is CCNC(=O)NCC(Oc1ccc(F)c(C(N)=O)c1F)c1nc(-c2ccc(C(F)(F)F)cc2)co1. The quantitative estimate of drug-likeness (QED) is 0.403. The van der Waals surface area contributed by atoms with Gasteiger partial charge in [0.2, 0.25) is 5.89 Å². The van der Waals surface area contributed by atoms with E-state index >= 15 is 0 Å². The Balaban J connectivity index is 1.91. The second-order valence-corrected chi connectivity index (χ2v) is 7.09. The highest BCUT2D eigenvalue weighted by molar-refractivity contribution is 5.93. The van der Waals surface area contributed by atoms with Crippen molar-refractivity contribution in [1.29, 1.82) is 0 Å². The smallest absolute Gasteiger partial charge is 0.416 e. The number of rotatable bonds is 8. The molecular formula is C22H19F5N4O4. The van der Waals surface area contributed by atoms with Crippen LogP contribution >= 0.6 is 0 Å². The van der Waals surface area contributed by atoms with Crippen molar-refractivity contribution in [2.24, 2.45) is 5.73 Å². The molecule has 0 spiro atoms. The number of ether oxygens (including phenoxy) is 1. The second-order valence-electron chi connectivity index (χ2n) is 7.09. The van der Waals surface area contributed by atoms with Crippen LogP contribution in [-0.4, -0.2) is 30.0 Å². The Hall–Kier alpha value is -4.16. The Bertz CT molecular complexity index is 1210. The minimum absolute atomic E-state index is 0.137. The summed E-state index contributed by atoms with van der Waals surface area (Å²) in [6.07, 6.45) is -4.65. The van der Waals surface area contributed by atoms with E-state index in [2.05, 4.69) is 15.6 Å². The number of hydrogen-bond donors (Lipinski definition) is 3. The third kappa shape index (κ3) is 6.05. The number of nitrogens with zero attached hydrogens (tertiary/aromatic N) is 1. The van der Waals surface area contributed by atoms with Gasteiger partial charge in [0.05, 0.1) is 12.1 Å². The molecule has 186 valence electrons. The van der Waals surface area contributed by atoms with Gasteiger partial charge in [-0.2, -0.15) is 13.2 Å². The van der Waals surface area contributed by atoms with Crippen LogP contribution in [-0.2, 0) is 6.18 Å². The summed E-state index contributed by atoms with van der Waals surface area (Å²) < 4.78 is 77.8. The molecule has 0 radical (unpaired) electrons. The first-order chi connectivity index (χ1) is 16.5. The van der Waals surface area contributed by atoms with E-state index in [1.165, 1.54) is 12.1 Å². The summed E-state index contributed by atoms with van der Waals surface area (Å²) in [7, 11) is 0. The monoisotopic (exact) mass is 498 g/mol. The van der Waals surface area contributed by atoms with Gasteiger partial charge in [-0.3, -0.25) is 4.79 Å². The fourth-order valence-corrected chi connectivity index (χ4v) is 2.99. The van der Waals surface area contributed by atoms with Crippen LogP contribution in [0.25, 0.3) is 11.3 Å². The zero-order valence-electron chi connectivity index (χ0n) is 18.1. The van der Waals surface area contributed by atoms with Gasteiger partial charge in [0.1, 0.15) is 23.3 Å². The third-order valence-electron chi connectivity index (χ3n) is 4.66. The van der Waals surface area contributed by atoms with Crippen molar-refractivity contribution in [2.75, 3.05) is 13.1 Å². The molecule has 0 saturated carbocycles. The van der Waals surface area contributed by atoms with Gasteiger partial charge in [0, 0.05) is 12.1 Å². The standard InChI is InChI=1S/C22H19F5N4O4/c1-2-29-21(33)30-9-16(35-15-8-7-13(23)17(18(15)24)19(28)32)20-31-14(10-34-20)11-3-5-12(6-4-11)22(25,26)27/h3-8,10,16H,2,9H2,1H3,(H2,28,32)(H2,29,30,33). The molecule has 35 heavy (non-hydrogen) atoms. The highest BCUT2D eigenvalue weighted by Gasteiger charge is 2.30. The molecule has 1 atom stereocenters. The van der Waals surface area contributed by atoms with Crippen LogP contribution in [0.1, 0.15) is 34.8 Å². The lowest BCUT2D eigenvalue weighted by molar-refractivity contribution is -0.137. The van der Waals surface area contributed by atoms with Crippen LogP contribution in [0.5, 0.6) is 5.75 Å². The summed E-state index contributed by atoms with van der Waals surface area (Å²) in [5.41, 5.74) is 3.57. The maximum atomic E-state index is 14.7. The molecule has 2 aromatic carbocycles.